The van der Waals surface area contributed by atoms with Gasteiger partial charge in [-0.05, 0) is 0 Å². The van der Waals surface area contributed by atoms with Crippen LogP contribution in [0.1, 0.15) is 0 Å². The molecular formula is C18H34O17. The maximum atomic E-state index is 10.00. The number of ether oxygens (including phenoxy) is 4. The Hall–Kier alpha value is -0.680. The molecule has 0 aromatic heterocycles. The molecule has 0 saturated carbocycles. The summed E-state index contributed by atoms with van der Waals surface area (Å²) in [6, 6.07) is 0. The van der Waals surface area contributed by atoms with Crippen LogP contribution in [0.4, 0.5) is 0 Å². The molecule has 17 heteroatoms. The number of rotatable bonds is 6. The first-order chi connectivity index (χ1) is 16.3. The van der Waals surface area contributed by atoms with Crippen molar-refractivity contribution in [3.63, 3.8) is 0 Å². The van der Waals surface area contributed by atoms with Crippen LogP contribution in [-0.2, 0) is 18.9 Å². The SMILES string of the molecule is OC[C@H]1OC(CO)(O[C@H]2O[C@H](CO)[C@@H](O)[C@H](O)[C@H]2O)[C@@H](O)[C@@H]1O.OC[C@]1(O)OC[C@@H](O)[C@@H](O)[C@@H]1O. The fraction of sp³-hybridized carbons (Fsp3) is 1.00. The molecular weight excluding hydrogens is 488 g/mol. The standard InChI is InChI=1S/C12H22O11.C6H12O6/c13-1-4-6(16)8(18)9(19)11(21-4)23-12(3-15)10(20)7(17)5(2-14)22-12;7-2-6(11)5(10)4(9)3(8)1-12-6/h4-11,13-20H,1-3H2;3-5,7-11H,1-2H2/t4-,5-,6-,7-,8+,9-,10+,11-,12?;3-,4-,5+,6+/m11/s1. The van der Waals surface area contributed by atoms with Gasteiger partial charge in [0, 0.05) is 0 Å². The number of aliphatic hydroxyl groups excluding tert-OH is 12. The van der Waals surface area contributed by atoms with Gasteiger partial charge in [-0.1, -0.05) is 0 Å². The van der Waals surface area contributed by atoms with Crippen LogP contribution in [0.25, 0.3) is 0 Å². The van der Waals surface area contributed by atoms with Crippen molar-refractivity contribution in [1.29, 1.82) is 0 Å². The minimum atomic E-state index is -2.22. The summed E-state index contributed by atoms with van der Waals surface area (Å²) in [6.45, 7) is -3.48. The Morgan fingerprint density at radius 1 is 0.686 bits per heavy atom. The fourth-order valence-electron chi connectivity index (χ4n) is 3.66. The van der Waals surface area contributed by atoms with E-state index in [-0.39, 0.29) is 6.61 Å². The predicted molar refractivity (Wildman–Crippen MR) is 105 cm³/mol. The summed E-state index contributed by atoms with van der Waals surface area (Å²) in [7, 11) is 0. The molecule has 1 unspecified atom stereocenters. The van der Waals surface area contributed by atoms with Crippen molar-refractivity contribution in [3.8, 4) is 0 Å². The van der Waals surface area contributed by atoms with Crippen LogP contribution in [0.5, 0.6) is 0 Å². The van der Waals surface area contributed by atoms with Crippen LogP contribution in [0.3, 0.4) is 0 Å². The Kier molecular flexibility index (Phi) is 10.7. The first-order valence-electron chi connectivity index (χ1n) is 10.6. The highest BCUT2D eigenvalue weighted by Gasteiger charge is 2.58. The molecule has 17 nitrogen and oxygen atoms in total. The van der Waals surface area contributed by atoms with Crippen LogP contribution >= 0.6 is 0 Å². The maximum absolute atomic E-state index is 10.00. The number of hydrogen-bond acceptors (Lipinski definition) is 17. The lowest BCUT2D eigenvalue weighted by molar-refractivity contribution is -0.383. The predicted octanol–water partition coefficient (Wildman–Crippen LogP) is -8.62. The molecule has 35 heavy (non-hydrogen) atoms. The zero-order chi connectivity index (χ0) is 26.7. The molecule has 0 aromatic rings. The molecule has 0 radical (unpaired) electrons. The molecule has 13 N–H and O–H groups in total. The van der Waals surface area contributed by atoms with Gasteiger partial charge in [0.05, 0.1) is 26.4 Å². The normalized spacial score (nSPS) is 50.5. The second-order valence-corrected chi connectivity index (χ2v) is 8.38. The van der Waals surface area contributed by atoms with E-state index in [9.17, 15) is 35.7 Å². The summed E-state index contributed by atoms with van der Waals surface area (Å²) in [5, 5.41) is 122. The first-order valence-corrected chi connectivity index (χ1v) is 10.6. The van der Waals surface area contributed by atoms with E-state index < -0.39 is 105 Å². The van der Waals surface area contributed by atoms with Crippen molar-refractivity contribution in [2.24, 2.45) is 0 Å². The molecule has 0 bridgehead atoms. The summed E-state index contributed by atoms with van der Waals surface area (Å²) in [4.78, 5) is 0. The van der Waals surface area contributed by atoms with Crippen molar-refractivity contribution < 1.29 is 85.3 Å². The molecule has 0 aliphatic carbocycles. The molecule has 208 valence electrons. The Labute approximate surface area is 198 Å². The van der Waals surface area contributed by atoms with E-state index in [0.717, 1.165) is 0 Å². The number of hydrogen-bond donors (Lipinski definition) is 13. The maximum Gasteiger partial charge on any atom is 0.224 e. The molecule has 3 fully saturated rings. The topological polar surface area (TPSA) is 300 Å². The molecule has 0 spiro atoms. The van der Waals surface area contributed by atoms with Gasteiger partial charge >= 0.3 is 0 Å². The van der Waals surface area contributed by atoms with Gasteiger partial charge < -0.3 is 85.3 Å². The van der Waals surface area contributed by atoms with Gasteiger partial charge in [-0.2, -0.15) is 0 Å². The largest absolute Gasteiger partial charge is 0.394 e. The third-order valence-electron chi connectivity index (χ3n) is 5.98. The van der Waals surface area contributed by atoms with Crippen molar-refractivity contribution in [2.75, 3.05) is 33.0 Å². The Morgan fingerprint density at radius 2 is 1.29 bits per heavy atom. The molecule has 3 rings (SSSR count). The van der Waals surface area contributed by atoms with Gasteiger partial charge in [0.2, 0.25) is 11.6 Å². The Balaban J connectivity index is 0.000000303. The van der Waals surface area contributed by atoms with Gasteiger partial charge in [0.15, 0.2) is 6.29 Å². The van der Waals surface area contributed by atoms with E-state index in [4.69, 9.17) is 44.8 Å². The van der Waals surface area contributed by atoms with E-state index in [1.165, 1.54) is 0 Å². The number of aliphatic hydroxyl groups is 13. The van der Waals surface area contributed by atoms with Crippen LogP contribution in [-0.4, -0.2) is 178 Å². The minimum absolute atomic E-state index is 0.324. The van der Waals surface area contributed by atoms with E-state index in [1.807, 2.05) is 0 Å². The summed E-state index contributed by atoms with van der Waals surface area (Å²) in [5.41, 5.74) is 0. The molecule has 0 amide bonds. The lowest BCUT2D eigenvalue weighted by Gasteiger charge is -2.43. The summed E-state index contributed by atoms with van der Waals surface area (Å²) >= 11 is 0. The molecule has 3 heterocycles. The van der Waals surface area contributed by atoms with Crippen LogP contribution in [0.2, 0.25) is 0 Å². The van der Waals surface area contributed by atoms with Crippen molar-refractivity contribution >= 4 is 0 Å². The molecule has 0 aromatic carbocycles. The van der Waals surface area contributed by atoms with Gasteiger partial charge in [0.25, 0.3) is 0 Å². The average molecular weight is 522 g/mol. The zero-order valence-electron chi connectivity index (χ0n) is 18.3. The van der Waals surface area contributed by atoms with Crippen LogP contribution in [0, 0.1) is 0 Å². The molecule has 3 aliphatic heterocycles. The van der Waals surface area contributed by atoms with E-state index in [1.54, 1.807) is 0 Å². The van der Waals surface area contributed by atoms with Crippen molar-refractivity contribution in [2.45, 2.75) is 78.9 Å². The first kappa shape index (κ1) is 30.5. The summed E-state index contributed by atoms with van der Waals surface area (Å²) in [5.74, 6) is -4.39. The lowest BCUT2D eigenvalue weighted by Crippen LogP contribution is -2.62. The lowest BCUT2D eigenvalue weighted by atomic mass is 9.98. The minimum Gasteiger partial charge on any atom is -0.394 e. The molecule has 3 saturated heterocycles. The highest BCUT2D eigenvalue weighted by Crippen LogP contribution is 2.35. The van der Waals surface area contributed by atoms with Crippen LogP contribution in [0.15, 0.2) is 0 Å². The third-order valence-corrected chi connectivity index (χ3v) is 5.98. The van der Waals surface area contributed by atoms with Crippen molar-refractivity contribution in [3.05, 3.63) is 0 Å². The van der Waals surface area contributed by atoms with Gasteiger partial charge in [-0.15, -0.1) is 0 Å². The fourth-order valence-corrected chi connectivity index (χ4v) is 3.66. The average Bonchev–Trinajstić information content (AvgIpc) is 3.10. The quantitative estimate of drug-likeness (QED) is 0.154. The highest BCUT2D eigenvalue weighted by atomic mass is 16.8. The molecule has 13 atom stereocenters. The Bertz CT molecular complexity index is 655. The van der Waals surface area contributed by atoms with Gasteiger partial charge in [-0.25, -0.2) is 0 Å². The second-order valence-electron chi connectivity index (χ2n) is 8.38. The molecule has 3 aliphatic rings. The Morgan fingerprint density at radius 3 is 1.77 bits per heavy atom. The third kappa shape index (κ3) is 6.08. The van der Waals surface area contributed by atoms with Gasteiger partial charge in [-0.3, -0.25) is 0 Å². The smallest absolute Gasteiger partial charge is 0.224 e. The monoisotopic (exact) mass is 522 g/mol. The van der Waals surface area contributed by atoms with E-state index in [0.29, 0.717) is 0 Å². The second kappa shape index (κ2) is 12.2. The van der Waals surface area contributed by atoms with E-state index in [2.05, 4.69) is 4.74 Å². The van der Waals surface area contributed by atoms with Crippen molar-refractivity contribution in [1.82, 2.24) is 0 Å². The summed E-state index contributed by atoms with van der Waals surface area (Å²) < 4.78 is 20.0. The zero-order valence-corrected chi connectivity index (χ0v) is 18.3. The van der Waals surface area contributed by atoms with Gasteiger partial charge in [0.1, 0.15) is 67.6 Å². The highest BCUT2D eigenvalue weighted by molar-refractivity contribution is 4.98. The van der Waals surface area contributed by atoms with Crippen LogP contribution < -0.4 is 0 Å². The summed E-state index contributed by atoms with van der Waals surface area (Å²) in [6.07, 6.45) is -17.1. The van der Waals surface area contributed by atoms with E-state index >= 15 is 0 Å².